The molecular formula is C18H16FN5O. The van der Waals surface area contributed by atoms with Gasteiger partial charge in [-0.15, -0.1) is 0 Å². The molecule has 4 rings (SSSR count). The molecule has 2 aromatic rings. The van der Waals surface area contributed by atoms with Gasteiger partial charge >= 0.3 is 0 Å². The van der Waals surface area contributed by atoms with Gasteiger partial charge in [-0.1, -0.05) is 0 Å². The number of nitriles is 1. The van der Waals surface area contributed by atoms with Crippen molar-refractivity contribution in [1.29, 1.82) is 5.26 Å². The topological polar surface area (TPSA) is 81.9 Å². The Morgan fingerprint density at radius 1 is 1.28 bits per heavy atom. The fraction of sp³-hybridized carbons (Fsp3) is 0.333. The molecule has 2 fully saturated rings. The molecular weight excluding hydrogens is 321 g/mol. The van der Waals surface area contributed by atoms with Gasteiger partial charge in [0.1, 0.15) is 22.9 Å². The van der Waals surface area contributed by atoms with Crippen molar-refractivity contribution in [3.05, 3.63) is 42.5 Å². The monoisotopic (exact) mass is 337 g/mol. The molecule has 1 atom stereocenters. The van der Waals surface area contributed by atoms with Crippen molar-refractivity contribution in [3.63, 3.8) is 0 Å². The predicted molar refractivity (Wildman–Crippen MR) is 89.5 cm³/mol. The van der Waals surface area contributed by atoms with E-state index in [2.05, 4.69) is 21.4 Å². The predicted octanol–water partition coefficient (Wildman–Crippen LogP) is 3.02. The van der Waals surface area contributed by atoms with Crippen LogP contribution in [0.15, 0.2) is 36.7 Å². The first kappa shape index (κ1) is 15.5. The van der Waals surface area contributed by atoms with Gasteiger partial charge in [-0.25, -0.2) is 14.4 Å². The minimum atomic E-state index is -0.866. The zero-order chi connectivity index (χ0) is 17.4. The van der Waals surface area contributed by atoms with Crippen molar-refractivity contribution >= 4 is 23.2 Å². The Kier molecular flexibility index (Phi) is 3.61. The highest BCUT2D eigenvalue weighted by Gasteiger charge is 2.56. The Morgan fingerprint density at radius 2 is 2.12 bits per heavy atom. The number of amides is 1. The minimum absolute atomic E-state index is 0.116. The normalized spacial score (nSPS) is 22.7. The van der Waals surface area contributed by atoms with Gasteiger partial charge in [0, 0.05) is 24.5 Å². The van der Waals surface area contributed by atoms with E-state index in [-0.39, 0.29) is 11.8 Å². The summed E-state index contributed by atoms with van der Waals surface area (Å²) in [6, 6.07) is 8.59. The van der Waals surface area contributed by atoms with Gasteiger partial charge in [-0.2, -0.15) is 5.26 Å². The summed E-state index contributed by atoms with van der Waals surface area (Å²) in [7, 11) is 0. The molecule has 1 aliphatic heterocycles. The van der Waals surface area contributed by atoms with Crippen molar-refractivity contribution in [2.24, 2.45) is 11.3 Å². The van der Waals surface area contributed by atoms with Gasteiger partial charge in [0.05, 0.1) is 12.3 Å². The number of nitrogens with zero attached hydrogens (tertiary/aromatic N) is 4. The summed E-state index contributed by atoms with van der Waals surface area (Å²) in [5.74, 6) is 0.628. The number of carbonyl (C=O) groups is 1. The molecule has 1 saturated carbocycles. The summed E-state index contributed by atoms with van der Waals surface area (Å²) in [6.45, 7) is 0.529. The number of anilines is 3. The first-order valence-corrected chi connectivity index (χ1v) is 8.20. The second-order valence-electron chi connectivity index (χ2n) is 6.45. The van der Waals surface area contributed by atoms with Gasteiger partial charge in [-0.05, 0) is 43.4 Å². The average Bonchev–Trinajstić information content (AvgIpc) is 3.42. The Morgan fingerprint density at radius 3 is 2.80 bits per heavy atom. The van der Waals surface area contributed by atoms with Crippen molar-refractivity contribution in [2.45, 2.75) is 19.3 Å². The van der Waals surface area contributed by atoms with Gasteiger partial charge < -0.3 is 10.2 Å². The minimum Gasteiger partial charge on any atom is -0.325 e. The van der Waals surface area contributed by atoms with Crippen molar-refractivity contribution in [3.8, 4) is 6.07 Å². The molecule has 1 aliphatic carbocycles. The third-order valence-corrected chi connectivity index (χ3v) is 4.87. The number of hydrogen-bond acceptors (Lipinski definition) is 5. The van der Waals surface area contributed by atoms with Crippen LogP contribution < -0.4 is 10.2 Å². The summed E-state index contributed by atoms with van der Waals surface area (Å²) in [5, 5.41) is 12.6. The number of halogens is 1. The highest BCUT2D eigenvalue weighted by atomic mass is 19.1. The zero-order valence-corrected chi connectivity index (χ0v) is 13.4. The third-order valence-electron chi connectivity index (χ3n) is 4.87. The molecule has 1 N–H and O–H groups in total. The van der Waals surface area contributed by atoms with Gasteiger partial charge in [0.2, 0.25) is 5.91 Å². The van der Waals surface area contributed by atoms with E-state index in [0.717, 1.165) is 19.0 Å². The second-order valence-corrected chi connectivity index (χ2v) is 6.45. The van der Waals surface area contributed by atoms with Crippen LogP contribution in [0.5, 0.6) is 0 Å². The smallest absolute Gasteiger partial charge is 0.247 e. The number of hydrogen-bond donors (Lipinski definition) is 1. The summed E-state index contributed by atoms with van der Waals surface area (Å²) >= 11 is 0. The molecule has 25 heavy (non-hydrogen) atoms. The molecule has 6 nitrogen and oxygen atoms in total. The number of rotatable bonds is 4. The summed E-state index contributed by atoms with van der Waals surface area (Å²) in [4.78, 5) is 22.7. The van der Waals surface area contributed by atoms with Crippen LogP contribution in [-0.2, 0) is 4.79 Å². The Hall–Kier alpha value is -3.01. The molecule has 3 heterocycles. The van der Waals surface area contributed by atoms with E-state index in [0.29, 0.717) is 30.3 Å². The fourth-order valence-corrected chi connectivity index (χ4v) is 3.37. The lowest BCUT2D eigenvalue weighted by molar-refractivity contribution is -0.123. The van der Waals surface area contributed by atoms with E-state index in [9.17, 15) is 14.4 Å². The molecule has 0 spiro atoms. The molecule has 0 unspecified atom stereocenters. The molecule has 1 amide bonds. The highest BCUT2D eigenvalue weighted by molar-refractivity contribution is 6.02. The van der Waals surface area contributed by atoms with Gasteiger partial charge in [0.25, 0.3) is 0 Å². The fourth-order valence-electron chi connectivity index (χ4n) is 3.37. The molecule has 126 valence electrons. The largest absolute Gasteiger partial charge is 0.325 e. The average molecular weight is 337 g/mol. The number of nitrogens with one attached hydrogen (secondary N) is 1. The molecule has 2 aliphatic rings. The van der Waals surface area contributed by atoms with Crippen LogP contribution in [0.4, 0.5) is 21.7 Å². The summed E-state index contributed by atoms with van der Waals surface area (Å²) in [6.07, 6.45) is 5.18. The molecule has 0 radical (unpaired) electrons. The SMILES string of the molecule is N#C[C@@]1(C2CC2)CCN(c2ccnc(Nc3ccc(F)cn3)c2)C1=O. The number of aromatic nitrogens is 2. The molecule has 0 bridgehead atoms. The maximum atomic E-state index is 12.9. The van der Waals surface area contributed by atoms with Crippen LogP contribution in [-0.4, -0.2) is 22.4 Å². The molecule has 7 heteroatoms. The van der Waals surface area contributed by atoms with Crippen LogP contribution >= 0.6 is 0 Å². The Labute approximate surface area is 144 Å². The van der Waals surface area contributed by atoms with E-state index >= 15 is 0 Å². The van der Waals surface area contributed by atoms with Gasteiger partial charge in [0.15, 0.2) is 0 Å². The van der Waals surface area contributed by atoms with Crippen LogP contribution in [0, 0.1) is 28.5 Å². The molecule has 2 aromatic heterocycles. The highest BCUT2D eigenvalue weighted by Crippen LogP contribution is 2.51. The lowest BCUT2D eigenvalue weighted by atomic mass is 9.83. The van der Waals surface area contributed by atoms with E-state index in [1.165, 1.54) is 12.1 Å². The summed E-state index contributed by atoms with van der Waals surface area (Å²) < 4.78 is 12.9. The number of carbonyl (C=O) groups excluding carboxylic acids is 1. The maximum Gasteiger partial charge on any atom is 0.247 e. The lowest BCUT2D eigenvalue weighted by Crippen LogP contribution is -2.35. The van der Waals surface area contributed by atoms with Crippen molar-refractivity contribution in [1.82, 2.24) is 9.97 Å². The van der Waals surface area contributed by atoms with E-state index in [1.54, 1.807) is 23.2 Å². The maximum absolute atomic E-state index is 12.9. The lowest BCUT2D eigenvalue weighted by Gasteiger charge is -2.21. The van der Waals surface area contributed by atoms with Crippen LogP contribution in [0.25, 0.3) is 0 Å². The molecule has 0 aromatic carbocycles. The Bertz CT molecular complexity index is 859. The quantitative estimate of drug-likeness (QED) is 0.927. The molecule has 1 saturated heterocycles. The first-order valence-electron chi connectivity index (χ1n) is 8.20. The third kappa shape index (κ3) is 2.70. The summed E-state index contributed by atoms with van der Waals surface area (Å²) in [5.41, 5.74) is -0.169. The van der Waals surface area contributed by atoms with Crippen LogP contribution in [0.3, 0.4) is 0 Å². The second kappa shape index (κ2) is 5.81. The van der Waals surface area contributed by atoms with E-state index in [1.807, 2.05) is 0 Å². The Balaban J connectivity index is 1.57. The standard InChI is InChI=1S/C18H16FN5O/c19-13-3-4-15(22-10-13)23-16-9-14(5-7-21-16)24-8-6-18(11-20,17(24)25)12-1-2-12/h3-5,7,9-10,12H,1-2,6,8H2,(H,21,22,23)/t18-/m1/s1. The zero-order valence-electron chi connectivity index (χ0n) is 13.4. The number of pyridine rings is 2. The van der Waals surface area contributed by atoms with Crippen LogP contribution in [0.1, 0.15) is 19.3 Å². The van der Waals surface area contributed by atoms with E-state index in [4.69, 9.17) is 0 Å². The van der Waals surface area contributed by atoms with Crippen molar-refractivity contribution < 1.29 is 9.18 Å². The van der Waals surface area contributed by atoms with Crippen LogP contribution in [0.2, 0.25) is 0 Å². The van der Waals surface area contributed by atoms with Gasteiger partial charge in [-0.3, -0.25) is 4.79 Å². The first-order chi connectivity index (χ1) is 12.1. The van der Waals surface area contributed by atoms with Crippen molar-refractivity contribution in [2.75, 3.05) is 16.8 Å². The van der Waals surface area contributed by atoms with E-state index < -0.39 is 11.2 Å².